The summed E-state index contributed by atoms with van der Waals surface area (Å²) in [7, 11) is 0. The summed E-state index contributed by atoms with van der Waals surface area (Å²) in [5.74, 6) is -0.0799. The Labute approximate surface area is 115 Å². The molecule has 2 aromatic rings. The van der Waals surface area contributed by atoms with Crippen molar-refractivity contribution in [1.29, 1.82) is 0 Å². The Morgan fingerprint density at radius 1 is 1.47 bits per heavy atom. The fourth-order valence-electron chi connectivity index (χ4n) is 1.85. The summed E-state index contributed by atoms with van der Waals surface area (Å²) in [5, 5.41) is 3.17. The smallest absolute Gasteiger partial charge is 0.263 e. The molecule has 102 valence electrons. The van der Waals surface area contributed by atoms with Crippen molar-refractivity contribution in [2.24, 2.45) is 5.92 Å². The van der Waals surface area contributed by atoms with Gasteiger partial charge in [-0.05, 0) is 24.5 Å². The molecule has 1 heterocycles. The molecule has 19 heavy (non-hydrogen) atoms. The molecule has 0 fully saturated rings. The van der Waals surface area contributed by atoms with Gasteiger partial charge in [-0.1, -0.05) is 19.9 Å². The number of benzene rings is 1. The van der Waals surface area contributed by atoms with E-state index in [9.17, 15) is 9.18 Å². The molecule has 5 heteroatoms. The van der Waals surface area contributed by atoms with E-state index < -0.39 is 0 Å². The predicted molar refractivity (Wildman–Crippen MR) is 78.0 cm³/mol. The minimum absolute atomic E-state index is 0.223. The number of hydrogen-bond acceptors (Lipinski definition) is 3. The van der Waals surface area contributed by atoms with E-state index in [0.717, 1.165) is 6.42 Å². The van der Waals surface area contributed by atoms with Crippen LogP contribution in [0.4, 0.5) is 10.1 Å². The van der Waals surface area contributed by atoms with Gasteiger partial charge in [-0.3, -0.25) is 4.79 Å². The summed E-state index contributed by atoms with van der Waals surface area (Å²) in [6.45, 7) is 4.79. The molecule has 0 saturated heterocycles. The monoisotopic (exact) mass is 280 g/mol. The van der Waals surface area contributed by atoms with Crippen LogP contribution >= 0.6 is 11.3 Å². The number of thiophene rings is 1. The first-order valence-corrected chi connectivity index (χ1v) is 7.07. The van der Waals surface area contributed by atoms with Gasteiger partial charge in [0.15, 0.2) is 0 Å². The molecule has 0 bridgehead atoms. The zero-order valence-electron chi connectivity index (χ0n) is 11.0. The van der Waals surface area contributed by atoms with Crippen molar-refractivity contribution < 1.29 is 9.18 Å². The first-order chi connectivity index (χ1) is 9.00. The number of carbonyl (C=O) groups excluding carboxylic acids is 1. The zero-order chi connectivity index (χ0) is 14.0. The number of halogens is 1. The van der Waals surface area contributed by atoms with Crippen molar-refractivity contribution >= 4 is 33.0 Å². The Bertz CT molecular complexity index is 607. The van der Waals surface area contributed by atoms with Crippen LogP contribution in [0.25, 0.3) is 10.1 Å². The highest BCUT2D eigenvalue weighted by molar-refractivity contribution is 7.21. The van der Waals surface area contributed by atoms with E-state index >= 15 is 0 Å². The third-order valence-corrected chi connectivity index (χ3v) is 4.08. The van der Waals surface area contributed by atoms with Crippen LogP contribution in [0.5, 0.6) is 0 Å². The summed E-state index contributed by atoms with van der Waals surface area (Å²) in [6.07, 6.45) is 0.908. The van der Waals surface area contributed by atoms with Gasteiger partial charge in [0.05, 0.1) is 11.1 Å². The number of rotatable bonds is 4. The summed E-state index contributed by atoms with van der Waals surface area (Å²) < 4.78 is 14.4. The van der Waals surface area contributed by atoms with Crippen LogP contribution < -0.4 is 11.1 Å². The molecule has 3 N–H and O–H groups in total. The quantitative estimate of drug-likeness (QED) is 0.902. The van der Waals surface area contributed by atoms with Crippen LogP contribution in [-0.4, -0.2) is 12.5 Å². The van der Waals surface area contributed by atoms with Gasteiger partial charge in [0, 0.05) is 11.2 Å². The van der Waals surface area contributed by atoms with E-state index in [2.05, 4.69) is 19.2 Å². The molecular formula is C14H17FN2OS. The highest BCUT2D eigenvalue weighted by Crippen LogP contribution is 2.35. The lowest BCUT2D eigenvalue weighted by Gasteiger charge is -2.06. The molecule has 0 aliphatic heterocycles. The van der Waals surface area contributed by atoms with Crippen LogP contribution in [0.1, 0.15) is 29.9 Å². The first-order valence-electron chi connectivity index (χ1n) is 6.25. The van der Waals surface area contributed by atoms with E-state index in [1.807, 2.05) is 0 Å². The van der Waals surface area contributed by atoms with Gasteiger partial charge in [-0.15, -0.1) is 11.3 Å². The molecule has 3 nitrogen and oxygen atoms in total. The van der Waals surface area contributed by atoms with Crippen LogP contribution in [0.2, 0.25) is 0 Å². The molecular weight excluding hydrogens is 263 g/mol. The van der Waals surface area contributed by atoms with Crippen LogP contribution in [0.15, 0.2) is 18.2 Å². The van der Waals surface area contributed by atoms with Crippen LogP contribution in [-0.2, 0) is 0 Å². The third-order valence-electron chi connectivity index (χ3n) is 2.91. The molecule has 0 atom stereocenters. The average molecular weight is 280 g/mol. The molecule has 0 spiro atoms. The number of hydrogen-bond donors (Lipinski definition) is 2. The van der Waals surface area contributed by atoms with E-state index in [-0.39, 0.29) is 17.4 Å². The molecule has 0 radical (unpaired) electrons. The summed E-state index contributed by atoms with van der Waals surface area (Å²) in [6, 6.07) is 4.74. The highest BCUT2D eigenvalue weighted by Gasteiger charge is 2.18. The number of anilines is 1. The lowest BCUT2D eigenvalue weighted by atomic mass is 10.1. The third kappa shape index (κ3) is 2.87. The Morgan fingerprint density at radius 3 is 2.84 bits per heavy atom. The predicted octanol–water partition coefficient (Wildman–Crippen LogP) is 3.40. The summed E-state index contributed by atoms with van der Waals surface area (Å²) in [5.41, 5.74) is 6.12. The molecule has 1 aromatic carbocycles. The number of nitrogens with one attached hydrogen (secondary N) is 1. The van der Waals surface area contributed by atoms with E-state index in [0.29, 0.717) is 27.4 Å². The topological polar surface area (TPSA) is 55.1 Å². The molecule has 0 aliphatic carbocycles. The van der Waals surface area contributed by atoms with Gasteiger partial charge in [0.2, 0.25) is 0 Å². The number of nitrogens with two attached hydrogens (primary N) is 1. The average Bonchev–Trinajstić information content (AvgIpc) is 2.67. The van der Waals surface area contributed by atoms with E-state index in [1.165, 1.54) is 17.4 Å². The maximum atomic E-state index is 13.7. The Balaban J connectivity index is 2.23. The van der Waals surface area contributed by atoms with Crippen molar-refractivity contribution in [3.05, 3.63) is 28.9 Å². The molecule has 1 amide bonds. The molecule has 0 saturated carbocycles. The van der Waals surface area contributed by atoms with Gasteiger partial charge >= 0.3 is 0 Å². The second kappa shape index (κ2) is 5.57. The Morgan fingerprint density at radius 2 is 2.21 bits per heavy atom. The lowest BCUT2D eigenvalue weighted by Crippen LogP contribution is -2.25. The van der Waals surface area contributed by atoms with Crippen molar-refractivity contribution in [3.63, 3.8) is 0 Å². The van der Waals surface area contributed by atoms with Gasteiger partial charge < -0.3 is 11.1 Å². The van der Waals surface area contributed by atoms with Gasteiger partial charge in [0.1, 0.15) is 10.7 Å². The standard InChI is InChI=1S/C14H17FN2OS/c1-8(2)6-7-17-14(18)13-12(16)11-9(15)4-3-5-10(11)19-13/h3-5,8H,6-7,16H2,1-2H3,(H,17,18). The van der Waals surface area contributed by atoms with Crippen molar-refractivity contribution in [1.82, 2.24) is 5.32 Å². The fourth-order valence-corrected chi connectivity index (χ4v) is 2.91. The number of fused-ring (bicyclic) bond motifs is 1. The second-order valence-electron chi connectivity index (χ2n) is 4.90. The largest absolute Gasteiger partial charge is 0.397 e. The minimum Gasteiger partial charge on any atom is -0.397 e. The van der Waals surface area contributed by atoms with Gasteiger partial charge in [-0.25, -0.2) is 4.39 Å². The first kappa shape index (κ1) is 13.8. The van der Waals surface area contributed by atoms with Crippen LogP contribution in [0, 0.1) is 11.7 Å². The zero-order valence-corrected chi connectivity index (χ0v) is 11.8. The molecule has 2 rings (SSSR count). The SMILES string of the molecule is CC(C)CCNC(=O)c1sc2cccc(F)c2c1N. The minimum atomic E-state index is -0.382. The van der Waals surface area contributed by atoms with Crippen molar-refractivity contribution in [3.8, 4) is 0 Å². The lowest BCUT2D eigenvalue weighted by molar-refractivity contribution is 0.0957. The van der Waals surface area contributed by atoms with Gasteiger partial charge in [0.25, 0.3) is 5.91 Å². The van der Waals surface area contributed by atoms with Crippen molar-refractivity contribution in [2.45, 2.75) is 20.3 Å². The molecule has 0 aliphatic rings. The number of carbonyl (C=O) groups is 1. The molecule has 1 aromatic heterocycles. The number of nitrogen functional groups attached to an aromatic ring is 1. The normalized spacial score (nSPS) is 11.2. The summed E-state index contributed by atoms with van der Waals surface area (Å²) >= 11 is 1.23. The summed E-state index contributed by atoms with van der Waals surface area (Å²) in [4.78, 5) is 12.4. The highest BCUT2D eigenvalue weighted by atomic mass is 32.1. The second-order valence-corrected chi connectivity index (χ2v) is 5.95. The van der Waals surface area contributed by atoms with Gasteiger partial charge in [-0.2, -0.15) is 0 Å². The van der Waals surface area contributed by atoms with Crippen molar-refractivity contribution in [2.75, 3.05) is 12.3 Å². The Kier molecular flexibility index (Phi) is 4.04. The maximum absolute atomic E-state index is 13.7. The van der Waals surface area contributed by atoms with E-state index in [4.69, 9.17) is 5.73 Å². The van der Waals surface area contributed by atoms with Crippen LogP contribution in [0.3, 0.4) is 0 Å². The fraction of sp³-hybridized carbons (Fsp3) is 0.357. The maximum Gasteiger partial charge on any atom is 0.263 e. The Hall–Kier alpha value is -1.62. The number of amides is 1. The molecule has 0 unspecified atom stereocenters. The van der Waals surface area contributed by atoms with E-state index in [1.54, 1.807) is 12.1 Å².